The van der Waals surface area contributed by atoms with Gasteiger partial charge in [0, 0.05) is 31.3 Å². The van der Waals surface area contributed by atoms with E-state index in [9.17, 15) is 8.42 Å². The van der Waals surface area contributed by atoms with Crippen LogP contribution in [0.25, 0.3) is 0 Å². The van der Waals surface area contributed by atoms with Crippen LogP contribution in [0.1, 0.15) is 52.0 Å². The summed E-state index contributed by atoms with van der Waals surface area (Å²) in [4.78, 5) is 4.74. The fourth-order valence-electron chi connectivity index (χ4n) is 3.39. The molecule has 0 spiro atoms. The molecule has 0 aromatic heterocycles. The predicted octanol–water partition coefficient (Wildman–Crippen LogP) is 3.74. The number of rotatable bonds is 9. The van der Waals surface area contributed by atoms with Gasteiger partial charge in [-0.2, -0.15) is 0 Å². The second-order valence-electron chi connectivity index (χ2n) is 8.59. The summed E-state index contributed by atoms with van der Waals surface area (Å²) in [6, 6.07) is 10.7. The third-order valence-electron chi connectivity index (χ3n) is 5.45. The lowest BCUT2D eigenvalue weighted by atomic mass is 9.64. The van der Waals surface area contributed by atoms with Gasteiger partial charge in [-0.25, -0.2) is 8.42 Å². The third-order valence-corrected chi connectivity index (χ3v) is 6.40. The Labute approximate surface area is 188 Å². The number of guanidine groups is 1. The van der Waals surface area contributed by atoms with Crippen molar-refractivity contribution in [1.82, 2.24) is 10.6 Å². The van der Waals surface area contributed by atoms with Gasteiger partial charge in [0.25, 0.3) is 0 Å². The molecule has 2 N–H and O–H groups in total. The second kappa shape index (κ2) is 10.8. The highest BCUT2D eigenvalue weighted by atomic mass is 127. The molecule has 0 bridgehead atoms. The van der Waals surface area contributed by atoms with Crippen LogP contribution >= 0.6 is 24.0 Å². The average Bonchev–Trinajstić information content (AvgIpc) is 2.57. The first-order valence-corrected chi connectivity index (χ1v) is 12.0. The Morgan fingerprint density at radius 1 is 1.18 bits per heavy atom. The second-order valence-corrected chi connectivity index (χ2v) is 10.9. The average molecular weight is 522 g/mol. The van der Waals surface area contributed by atoms with Crippen LogP contribution in [0.2, 0.25) is 0 Å². The molecule has 2 rings (SSSR count). The zero-order valence-corrected chi connectivity index (χ0v) is 20.8. The van der Waals surface area contributed by atoms with E-state index < -0.39 is 9.84 Å². The Morgan fingerprint density at radius 2 is 1.82 bits per heavy atom. The molecule has 160 valence electrons. The first-order chi connectivity index (χ1) is 12.7. The monoisotopic (exact) mass is 521 g/mol. The summed E-state index contributed by atoms with van der Waals surface area (Å²) in [7, 11) is -2.94. The minimum atomic E-state index is -2.94. The number of hydrogen-bond donors (Lipinski definition) is 2. The molecule has 0 unspecified atom stereocenters. The quantitative estimate of drug-likeness (QED) is 0.295. The van der Waals surface area contributed by atoms with E-state index in [1.165, 1.54) is 31.1 Å². The van der Waals surface area contributed by atoms with Gasteiger partial charge in [-0.3, -0.25) is 4.99 Å². The third kappa shape index (κ3) is 7.89. The van der Waals surface area contributed by atoms with Gasteiger partial charge in [0.15, 0.2) is 5.96 Å². The molecule has 7 heteroatoms. The molecule has 1 aromatic carbocycles. The molecule has 5 nitrogen and oxygen atoms in total. The molecule has 0 saturated heterocycles. The fraction of sp³-hybridized carbons (Fsp3) is 0.667. The Kier molecular flexibility index (Phi) is 9.73. The SMILES string of the molecule is CCNC(=NCC(C)(C)CCS(C)(=O)=O)NCC1(c2ccccc2)CCC1.I. The van der Waals surface area contributed by atoms with Crippen molar-refractivity contribution in [1.29, 1.82) is 0 Å². The van der Waals surface area contributed by atoms with Gasteiger partial charge < -0.3 is 10.6 Å². The lowest BCUT2D eigenvalue weighted by molar-refractivity contribution is 0.243. The molecule has 1 fully saturated rings. The maximum Gasteiger partial charge on any atom is 0.191 e. The maximum absolute atomic E-state index is 11.4. The summed E-state index contributed by atoms with van der Waals surface area (Å²) in [6.07, 6.45) is 5.57. The number of halogens is 1. The first-order valence-electron chi connectivity index (χ1n) is 9.91. The van der Waals surface area contributed by atoms with Gasteiger partial charge >= 0.3 is 0 Å². The van der Waals surface area contributed by atoms with E-state index in [4.69, 9.17) is 4.99 Å². The minimum Gasteiger partial charge on any atom is -0.357 e. The number of nitrogens with zero attached hydrogens (tertiary/aromatic N) is 1. The smallest absolute Gasteiger partial charge is 0.191 e. The van der Waals surface area contributed by atoms with E-state index in [1.807, 2.05) is 0 Å². The summed E-state index contributed by atoms with van der Waals surface area (Å²) >= 11 is 0. The highest BCUT2D eigenvalue weighted by Crippen LogP contribution is 2.43. The lowest BCUT2D eigenvalue weighted by Gasteiger charge is -2.43. The zero-order chi connectivity index (χ0) is 20.0. The van der Waals surface area contributed by atoms with Crippen molar-refractivity contribution in [2.45, 2.75) is 51.9 Å². The fourth-order valence-corrected chi connectivity index (χ4v) is 4.31. The van der Waals surface area contributed by atoms with Crippen LogP contribution in [0.5, 0.6) is 0 Å². The summed E-state index contributed by atoms with van der Waals surface area (Å²) in [5.41, 5.74) is 1.44. The summed E-state index contributed by atoms with van der Waals surface area (Å²) in [5, 5.41) is 6.85. The van der Waals surface area contributed by atoms with Crippen LogP contribution in [0.4, 0.5) is 0 Å². The van der Waals surface area contributed by atoms with Gasteiger partial charge in [0.2, 0.25) is 0 Å². The van der Waals surface area contributed by atoms with Crippen LogP contribution in [0.15, 0.2) is 35.3 Å². The van der Waals surface area contributed by atoms with Crippen LogP contribution < -0.4 is 10.6 Å². The molecule has 1 aliphatic carbocycles. The van der Waals surface area contributed by atoms with Crippen molar-refractivity contribution in [3.63, 3.8) is 0 Å². The van der Waals surface area contributed by atoms with Crippen molar-refractivity contribution in [2.24, 2.45) is 10.4 Å². The Morgan fingerprint density at radius 3 is 2.32 bits per heavy atom. The number of hydrogen-bond acceptors (Lipinski definition) is 3. The summed E-state index contributed by atoms with van der Waals surface area (Å²) in [6.45, 7) is 8.46. The Hall–Kier alpha value is -0.830. The number of benzene rings is 1. The molecule has 28 heavy (non-hydrogen) atoms. The van der Waals surface area contributed by atoms with Crippen molar-refractivity contribution < 1.29 is 8.42 Å². The topological polar surface area (TPSA) is 70.6 Å². The van der Waals surface area contributed by atoms with Gasteiger partial charge in [-0.1, -0.05) is 50.6 Å². The van der Waals surface area contributed by atoms with E-state index in [2.05, 4.69) is 61.7 Å². The largest absolute Gasteiger partial charge is 0.357 e. The number of nitrogens with one attached hydrogen (secondary N) is 2. The molecule has 0 aliphatic heterocycles. The van der Waals surface area contributed by atoms with Crippen molar-refractivity contribution in [3.8, 4) is 0 Å². The van der Waals surface area contributed by atoms with Crippen LogP contribution in [0.3, 0.4) is 0 Å². The van der Waals surface area contributed by atoms with Gasteiger partial charge in [-0.15, -0.1) is 24.0 Å². The number of aliphatic imine (C=N–C) groups is 1. The van der Waals surface area contributed by atoms with E-state index in [1.54, 1.807) is 0 Å². The van der Waals surface area contributed by atoms with Crippen LogP contribution in [-0.4, -0.2) is 46.0 Å². The highest BCUT2D eigenvalue weighted by Gasteiger charge is 2.38. The molecule has 1 aromatic rings. The molecule has 0 amide bonds. The van der Waals surface area contributed by atoms with Gasteiger partial charge in [0.1, 0.15) is 9.84 Å². The molecular weight excluding hydrogens is 485 g/mol. The van der Waals surface area contributed by atoms with Crippen LogP contribution in [-0.2, 0) is 15.3 Å². The Balaban J connectivity index is 0.00000392. The van der Waals surface area contributed by atoms with E-state index in [0.29, 0.717) is 13.0 Å². The lowest BCUT2D eigenvalue weighted by Crippen LogP contribution is -2.49. The molecule has 0 atom stereocenters. The highest BCUT2D eigenvalue weighted by molar-refractivity contribution is 14.0. The van der Waals surface area contributed by atoms with Gasteiger partial charge in [0.05, 0.1) is 5.75 Å². The maximum atomic E-state index is 11.4. The molecular formula is C21H36IN3O2S. The molecule has 1 aliphatic rings. The predicted molar refractivity (Wildman–Crippen MR) is 129 cm³/mol. The molecule has 0 heterocycles. The first kappa shape index (κ1) is 25.2. The Bertz CT molecular complexity index is 729. The normalized spacial score (nSPS) is 16.6. The van der Waals surface area contributed by atoms with E-state index in [0.717, 1.165) is 19.0 Å². The minimum absolute atomic E-state index is 0. The summed E-state index contributed by atoms with van der Waals surface area (Å²) in [5.74, 6) is 1.02. The standard InChI is InChI=1S/C21H35N3O2S.HI/c1-5-22-19(23-16-20(2,3)14-15-27(4,25)26)24-17-21(12-9-13-21)18-10-7-6-8-11-18;/h6-8,10-11H,5,9,12-17H2,1-4H3,(H2,22,23,24);1H. The van der Waals surface area contributed by atoms with Gasteiger partial charge in [-0.05, 0) is 37.2 Å². The van der Waals surface area contributed by atoms with Crippen molar-refractivity contribution >= 4 is 39.8 Å². The molecule has 0 radical (unpaired) electrons. The van der Waals surface area contributed by atoms with E-state index in [-0.39, 0.29) is 40.6 Å². The number of sulfone groups is 1. The van der Waals surface area contributed by atoms with Crippen LogP contribution in [0, 0.1) is 5.41 Å². The zero-order valence-electron chi connectivity index (χ0n) is 17.6. The summed E-state index contributed by atoms with van der Waals surface area (Å²) < 4.78 is 22.9. The van der Waals surface area contributed by atoms with Crippen molar-refractivity contribution in [3.05, 3.63) is 35.9 Å². The van der Waals surface area contributed by atoms with Crippen molar-refractivity contribution in [2.75, 3.05) is 31.6 Å². The molecule has 1 saturated carbocycles. The van der Waals surface area contributed by atoms with E-state index >= 15 is 0 Å².